The fourth-order valence-electron chi connectivity index (χ4n) is 1.96. The minimum absolute atomic E-state index is 0.266. The van der Waals surface area contributed by atoms with Crippen LogP contribution in [0.4, 0.5) is 24.7 Å². The number of hydrogen-bond acceptors (Lipinski definition) is 3. The molecule has 106 valence electrons. The zero-order valence-electron chi connectivity index (χ0n) is 10.7. The van der Waals surface area contributed by atoms with Crippen molar-refractivity contribution < 1.29 is 13.2 Å². The molecule has 6 heteroatoms. The van der Waals surface area contributed by atoms with Crippen LogP contribution < -0.4 is 5.32 Å². The highest BCUT2D eigenvalue weighted by Crippen LogP contribution is 2.26. The zero-order valence-corrected chi connectivity index (χ0v) is 10.7. The molecule has 0 aliphatic rings. The van der Waals surface area contributed by atoms with Gasteiger partial charge in [-0.2, -0.15) is 0 Å². The molecule has 1 heterocycles. The molecule has 0 aliphatic carbocycles. The molecule has 0 unspecified atom stereocenters. The second kappa shape index (κ2) is 5.40. The van der Waals surface area contributed by atoms with Crippen molar-refractivity contribution in [2.75, 3.05) is 5.32 Å². The number of nitrogens with one attached hydrogen (secondary N) is 1. The largest absolute Gasteiger partial charge is 0.340 e. The Balaban J connectivity index is 2.09. The van der Waals surface area contributed by atoms with Crippen LogP contribution in [0.3, 0.4) is 0 Å². The number of hydrogen-bond donors (Lipinski definition) is 1. The van der Waals surface area contributed by atoms with Crippen molar-refractivity contribution in [3.05, 3.63) is 60.2 Å². The predicted octanol–water partition coefficient (Wildman–Crippen LogP) is 4.45. The first-order valence-electron chi connectivity index (χ1n) is 6.21. The van der Waals surface area contributed by atoms with Crippen molar-refractivity contribution in [3.63, 3.8) is 0 Å². The highest BCUT2D eigenvalue weighted by atomic mass is 19.3. The average Bonchev–Trinajstić information content (AvgIpc) is 2.49. The number of para-hydroxylation sites is 1. The summed E-state index contributed by atoms with van der Waals surface area (Å²) in [6.07, 6.45) is -2.76. The van der Waals surface area contributed by atoms with Gasteiger partial charge >= 0.3 is 0 Å². The molecule has 0 saturated carbocycles. The second-order valence-corrected chi connectivity index (χ2v) is 4.38. The first-order valence-corrected chi connectivity index (χ1v) is 6.21. The van der Waals surface area contributed by atoms with E-state index in [-0.39, 0.29) is 11.6 Å². The molecule has 3 rings (SSSR count). The Bertz CT molecular complexity index is 773. The van der Waals surface area contributed by atoms with Crippen LogP contribution in [0.5, 0.6) is 0 Å². The first kappa shape index (κ1) is 13.4. The minimum atomic E-state index is -2.76. The van der Waals surface area contributed by atoms with Crippen molar-refractivity contribution in [1.82, 2.24) is 9.97 Å². The molecule has 1 aromatic heterocycles. The van der Waals surface area contributed by atoms with Crippen molar-refractivity contribution in [2.24, 2.45) is 0 Å². The molecule has 0 amide bonds. The van der Waals surface area contributed by atoms with Gasteiger partial charge in [0.15, 0.2) is 5.82 Å². The molecule has 0 spiro atoms. The van der Waals surface area contributed by atoms with Crippen LogP contribution in [-0.4, -0.2) is 9.97 Å². The fourth-order valence-corrected chi connectivity index (χ4v) is 1.96. The molecule has 0 bridgehead atoms. The molecule has 0 aliphatic heterocycles. The summed E-state index contributed by atoms with van der Waals surface area (Å²) in [5, 5.41) is 3.54. The Morgan fingerprint density at radius 2 is 1.62 bits per heavy atom. The monoisotopic (exact) mass is 289 g/mol. The van der Waals surface area contributed by atoms with Gasteiger partial charge in [-0.3, -0.25) is 0 Å². The van der Waals surface area contributed by atoms with Gasteiger partial charge in [-0.25, -0.2) is 23.1 Å². The van der Waals surface area contributed by atoms with E-state index < -0.39 is 12.2 Å². The summed E-state index contributed by atoms with van der Waals surface area (Å²) in [7, 11) is 0. The van der Waals surface area contributed by atoms with Gasteiger partial charge in [-0.05, 0) is 36.4 Å². The van der Waals surface area contributed by atoms with Gasteiger partial charge in [0.25, 0.3) is 6.43 Å². The standard InChI is InChI=1S/C15H10F3N3/c16-9-5-7-10(8-6-9)19-14-11-3-1-2-4-12(11)20-15(21-14)13(17)18/h1-8,13H,(H,19,20,21). The fraction of sp³-hybridized carbons (Fsp3) is 0.0667. The molecular weight excluding hydrogens is 279 g/mol. The maximum atomic E-state index is 12.9. The lowest BCUT2D eigenvalue weighted by molar-refractivity contribution is 0.141. The van der Waals surface area contributed by atoms with E-state index in [1.54, 1.807) is 24.3 Å². The topological polar surface area (TPSA) is 37.8 Å². The Hall–Kier alpha value is -2.63. The van der Waals surface area contributed by atoms with Gasteiger partial charge < -0.3 is 5.32 Å². The molecule has 0 saturated heterocycles. The maximum Gasteiger partial charge on any atom is 0.297 e. The van der Waals surface area contributed by atoms with E-state index >= 15 is 0 Å². The van der Waals surface area contributed by atoms with E-state index in [0.29, 0.717) is 16.6 Å². The van der Waals surface area contributed by atoms with Crippen molar-refractivity contribution in [1.29, 1.82) is 0 Å². The first-order chi connectivity index (χ1) is 10.1. The van der Waals surface area contributed by atoms with Crippen LogP contribution >= 0.6 is 0 Å². The SMILES string of the molecule is Fc1ccc(Nc2nc(C(F)F)nc3ccccc23)cc1. The molecule has 0 radical (unpaired) electrons. The molecular formula is C15H10F3N3. The molecule has 0 fully saturated rings. The number of benzene rings is 2. The summed E-state index contributed by atoms with van der Waals surface area (Å²) in [6, 6.07) is 12.4. The van der Waals surface area contributed by atoms with Crippen molar-refractivity contribution in [3.8, 4) is 0 Å². The lowest BCUT2D eigenvalue weighted by atomic mass is 10.2. The Labute approximate surface area is 118 Å². The number of nitrogens with zero attached hydrogens (tertiary/aromatic N) is 2. The Morgan fingerprint density at radius 3 is 2.33 bits per heavy atom. The number of halogens is 3. The number of aromatic nitrogens is 2. The number of rotatable bonds is 3. The third-order valence-electron chi connectivity index (χ3n) is 2.92. The van der Waals surface area contributed by atoms with Crippen molar-refractivity contribution >= 4 is 22.4 Å². The van der Waals surface area contributed by atoms with E-state index in [1.807, 2.05) is 0 Å². The predicted molar refractivity (Wildman–Crippen MR) is 74.2 cm³/mol. The second-order valence-electron chi connectivity index (χ2n) is 4.38. The molecule has 21 heavy (non-hydrogen) atoms. The summed E-state index contributed by atoms with van der Waals surface area (Å²) >= 11 is 0. The van der Waals surface area contributed by atoms with Gasteiger partial charge in [0, 0.05) is 11.1 Å². The summed E-state index contributed by atoms with van der Waals surface area (Å²) in [6.45, 7) is 0. The van der Waals surface area contributed by atoms with E-state index in [9.17, 15) is 13.2 Å². The van der Waals surface area contributed by atoms with Crippen LogP contribution in [0.1, 0.15) is 12.2 Å². The number of alkyl halides is 2. The van der Waals surface area contributed by atoms with E-state index in [4.69, 9.17) is 0 Å². The quantitative estimate of drug-likeness (QED) is 0.774. The van der Waals surface area contributed by atoms with Gasteiger partial charge in [0.1, 0.15) is 11.6 Å². The lowest BCUT2D eigenvalue weighted by Gasteiger charge is -2.10. The minimum Gasteiger partial charge on any atom is -0.340 e. The molecule has 0 atom stereocenters. The number of anilines is 2. The van der Waals surface area contributed by atoms with Crippen LogP contribution in [0, 0.1) is 5.82 Å². The van der Waals surface area contributed by atoms with Crippen LogP contribution in [0.15, 0.2) is 48.5 Å². The van der Waals surface area contributed by atoms with Gasteiger partial charge in [0.2, 0.25) is 0 Å². The van der Waals surface area contributed by atoms with Crippen LogP contribution in [0.2, 0.25) is 0 Å². The average molecular weight is 289 g/mol. The van der Waals surface area contributed by atoms with Gasteiger partial charge in [0.05, 0.1) is 5.52 Å². The summed E-state index contributed by atoms with van der Waals surface area (Å²) in [5.74, 6) is -0.651. The molecule has 3 nitrogen and oxygen atoms in total. The van der Waals surface area contributed by atoms with Gasteiger partial charge in [-0.1, -0.05) is 12.1 Å². The van der Waals surface area contributed by atoms with Crippen LogP contribution in [0.25, 0.3) is 10.9 Å². The third kappa shape index (κ3) is 2.79. The third-order valence-corrected chi connectivity index (χ3v) is 2.92. The maximum absolute atomic E-state index is 12.9. The summed E-state index contributed by atoms with van der Waals surface area (Å²) in [5.41, 5.74) is 0.980. The summed E-state index contributed by atoms with van der Waals surface area (Å²) < 4.78 is 38.6. The molecule has 3 aromatic rings. The smallest absolute Gasteiger partial charge is 0.297 e. The van der Waals surface area contributed by atoms with Crippen molar-refractivity contribution in [2.45, 2.75) is 6.43 Å². The summed E-state index contributed by atoms with van der Waals surface area (Å²) in [4.78, 5) is 7.68. The Kier molecular flexibility index (Phi) is 3.43. The van der Waals surface area contributed by atoms with E-state index in [1.165, 1.54) is 24.3 Å². The normalized spacial score (nSPS) is 11.0. The lowest BCUT2D eigenvalue weighted by Crippen LogP contribution is -2.02. The molecule has 1 N–H and O–H groups in total. The van der Waals surface area contributed by atoms with Gasteiger partial charge in [-0.15, -0.1) is 0 Å². The van der Waals surface area contributed by atoms with E-state index in [2.05, 4.69) is 15.3 Å². The Morgan fingerprint density at radius 1 is 0.905 bits per heavy atom. The number of fused-ring (bicyclic) bond motifs is 1. The highest BCUT2D eigenvalue weighted by Gasteiger charge is 2.15. The van der Waals surface area contributed by atoms with E-state index in [0.717, 1.165) is 0 Å². The van der Waals surface area contributed by atoms with Crippen LogP contribution in [-0.2, 0) is 0 Å². The molecule has 2 aromatic carbocycles. The highest BCUT2D eigenvalue weighted by molar-refractivity contribution is 5.90. The zero-order chi connectivity index (χ0) is 14.8.